The Kier molecular flexibility index (Phi) is 5.58. The summed E-state index contributed by atoms with van der Waals surface area (Å²) in [5.41, 5.74) is 6.11. The van der Waals surface area contributed by atoms with Gasteiger partial charge in [-0.3, -0.25) is 9.59 Å². The first-order valence-corrected chi connectivity index (χ1v) is 5.76. The molecule has 0 radical (unpaired) electrons. The minimum absolute atomic E-state index is 0.0746. The van der Waals surface area contributed by atoms with Crippen molar-refractivity contribution >= 4 is 11.9 Å². The van der Waals surface area contributed by atoms with E-state index in [1.54, 1.807) is 0 Å². The maximum Gasteiger partial charge on any atom is 0.320 e. The van der Waals surface area contributed by atoms with E-state index in [0.717, 1.165) is 5.56 Å². The first-order chi connectivity index (χ1) is 9.00. The molecule has 5 nitrogen and oxygen atoms in total. The van der Waals surface area contributed by atoms with Crippen LogP contribution in [0.2, 0.25) is 0 Å². The Labute approximate surface area is 111 Å². The van der Waals surface area contributed by atoms with Gasteiger partial charge in [0.2, 0.25) is 0 Å². The molecule has 0 aromatic heterocycles. The van der Waals surface area contributed by atoms with Gasteiger partial charge in [0, 0.05) is 12.0 Å². The Morgan fingerprint density at radius 3 is 2.32 bits per heavy atom. The van der Waals surface area contributed by atoms with Crippen LogP contribution < -0.4 is 5.73 Å². The minimum atomic E-state index is -1.21. The number of carboxylic acid groups (broad SMARTS) is 2. The molecular formula is C14H15NO4. The van der Waals surface area contributed by atoms with Crippen LogP contribution in [0, 0.1) is 17.8 Å². The van der Waals surface area contributed by atoms with Gasteiger partial charge in [-0.1, -0.05) is 30.0 Å². The van der Waals surface area contributed by atoms with Gasteiger partial charge in [0.1, 0.15) is 6.04 Å². The maximum atomic E-state index is 11.0. The Balaban J connectivity index is 2.63. The molecule has 0 aliphatic rings. The highest BCUT2D eigenvalue weighted by Gasteiger charge is 2.23. The van der Waals surface area contributed by atoms with Crippen LogP contribution in [0.15, 0.2) is 30.3 Å². The van der Waals surface area contributed by atoms with Crippen molar-refractivity contribution in [3.63, 3.8) is 0 Å². The third-order valence-corrected chi connectivity index (χ3v) is 2.56. The van der Waals surface area contributed by atoms with E-state index in [9.17, 15) is 9.59 Å². The number of aliphatic carboxylic acids is 2. The lowest BCUT2D eigenvalue weighted by atomic mass is 9.97. The first kappa shape index (κ1) is 14.7. The van der Waals surface area contributed by atoms with Gasteiger partial charge in [-0.15, -0.1) is 0 Å². The Morgan fingerprint density at radius 2 is 1.79 bits per heavy atom. The summed E-state index contributed by atoms with van der Waals surface area (Å²) in [6.45, 7) is 0. The molecule has 2 atom stereocenters. The van der Waals surface area contributed by atoms with Gasteiger partial charge in [-0.25, -0.2) is 0 Å². The average Bonchev–Trinajstić information content (AvgIpc) is 2.38. The van der Waals surface area contributed by atoms with Gasteiger partial charge in [0.25, 0.3) is 0 Å². The van der Waals surface area contributed by atoms with Crippen LogP contribution >= 0.6 is 0 Å². The van der Waals surface area contributed by atoms with Crippen LogP contribution in [0.25, 0.3) is 0 Å². The second-order valence-corrected chi connectivity index (χ2v) is 4.09. The Hall–Kier alpha value is -2.32. The smallest absolute Gasteiger partial charge is 0.320 e. The third kappa shape index (κ3) is 5.23. The number of hydrogen-bond donors (Lipinski definition) is 3. The van der Waals surface area contributed by atoms with Crippen molar-refractivity contribution in [3.05, 3.63) is 35.9 Å². The quantitative estimate of drug-likeness (QED) is 0.684. The van der Waals surface area contributed by atoms with E-state index in [4.69, 9.17) is 15.9 Å². The summed E-state index contributed by atoms with van der Waals surface area (Å²) in [5, 5.41) is 17.6. The number of carbonyl (C=O) groups is 2. The largest absolute Gasteiger partial charge is 0.481 e. The second kappa shape index (κ2) is 7.19. The van der Waals surface area contributed by atoms with E-state index in [1.165, 1.54) is 0 Å². The fourth-order valence-electron chi connectivity index (χ4n) is 1.48. The van der Waals surface area contributed by atoms with Crippen LogP contribution in [0.3, 0.4) is 0 Å². The van der Waals surface area contributed by atoms with Crippen molar-refractivity contribution in [3.8, 4) is 11.8 Å². The van der Waals surface area contributed by atoms with Gasteiger partial charge in [0.05, 0.1) is 5.92 Å². The molecule has 1 aromatic rings. The van der Waals surface area contributed by atoms with E-state index < -0.39 is 23.9 Å². The summed E-state index contributed by atoms with van der Waals surface area (Å²) >= 11 is 0. The van der Waals surface area contributed by atoms with E-state index in [0.29, 0.717) is 0 Å². The Bertz CT molecular complexity index is 501. The van der Waals surface area contributed by atoms with Crippen molar-refractivity contribution in [2.45, 2.75) is 18.9 Å². The summed E-state index contributed by atoms with van der Waals surface area (Å²) in [7, 11) is 0. The molecule has 0 bridgehead atoms. The minimum Gasteiger partial charge on any atom is -0.481 e. The molecule has 0 spiro atoms. The summed E-state index contributed by atoms with van der Waals surface area (Å²) in [5.74, 6) is 2.42. The second-order valence-electron chi connectivity index (χ2n) is 4.09. The fraction of sp³-hybridized carbons (Fsp3) is 0.286. The van der Waals surface area contributed by atoms with Crippen molar-refractivity contribution in [1.82, 2.24) is 0 Å². The normalized spacial score (nSPS) is 12.9. The summed E-state index contributed by atoms with van der Waals surface area (Å²) in [6, 6.07) is 7.96. The standard InChI is InChI=1S/C14H15NO4/c15-12(14(18)19)9-11(13(16)17)8-4-7-10-5-2-1-3-6-10/h1-3,5-6,11-12H,8-9,15H2,(H,16,17)(H,18,19)/t11-,12+/m1/s1. The monoisotopic (exact) mass is 261 g/mol. The first-order valence-electron chi connectivity index (χ1n) is 5.76. The molecule has 1 aromatic carbocycles. The van der Waals surface area contributed by atoms with Crippen LogP contribution in [0.5, 0.6) is 0 Å². The van der Waals surface area contributed by atoms with Crippen LogP contribution in [-0.4, -0.2) is 28.2 Å². The molecule has 5 heteroatoms. The highest BCUT2D eigenvalue weighted by Crippen LogP contribution is 2.11. The van der Waals surface area contributed by atoms with E-state index in [2.05, 4.69) is 11.8 Å². The molecule has 0 unspecified atom stereocenters. The maximum absolute atomic E-state index is 11.0. The molecule has 0 amide bonds. The van der Waals surface area contributed by atoms with Gasteiger partial charge in [0.15, 0.2) is 0 Å². The van der Waals surface area contributed by atoms with Crippen molar-refractivity contribution in [2.75, 3.05) is 0 Å². The summed E-state index contributed by atoms with van der Waals surface area (Å²) < 4.78 is 0. The predicted octanol–water partition coefficient (Wildman–Crippen LogP) is 0.931. The average molecular weight is 261 g/mol. The highest BCUT2D eigenvalue weighted by molar-refractivity contribution is 5.76. The molecule has 4 N–H and O–H groups in total. The SMILES string of the molecule is N[C@@H](C[C@@H](CC#Cc1ccccc1)C(=O)O)C(=O)O. The van der Waals surface area contributed by atoms with Crippen LogP contribution in [0.4, 0.5) is 0 Å². The third-order valence-electron chi connectivity index (χ3n) is 2.56. The molecule has 0 aliphatic carbocycles. The van der Waals surface area contributed by atoms with Gasteiger partial charge in [-0.05, 0) is 18.6 Å². The van der Waals surface area contributed by atoms with Gasteiger partial charge < -0.3 is 15.9 Å². The predicted molar refractivity (Wildman–Crippen MR) is 69.3 cm³/mol. The zero-order valence-electron chi connectivity index (χ0n) is 10.2. The topological polar surface area (TPSA) is 101 Å². The van der Waals surface area contributed by atoms with E-state index >= 15 is 0 Å². The van der Waals surface area contributed by atoms with Crippen molar-refractivity contribution < 1.29 is 19.8 Å². The molecule has 0 aliphatic heterocycles. The van der Waals surface area contributed by atoms with E-state index in [-0.39, 0.29) is 12.8 Å². The number of benzene rings is 1. The number of hydrogen-bond acceptors (Lipinski definition) is 3. The van der Waals surface area contributed by atoms with Crippen molar-refractivity contribution in [1.29, 1.82) is 0 Å². The molecular weight excluding hydrogens is 246 g/mol. The zero-order valence-corrected chi connectivity index (χ0v) is 10.2. The molecule has 100 valence electrons. The Morgan fingerprint density at radius 1 is 1.16 bits per heavy atom. The molecule has 0 saturated heterocycles. The van der Waals surface area contributed by atoms with Crippen LogP contribution in [-0.2, 0) is 9.59 Å². The van der Waals surface area contributed by atoms with Gasteiger partial charge >= 0.3 is 11.9 Å². The number of nitrogens with two attached hydrogens (primary N) is 1. The summed E-state index contributed by atoms with van der Waals surface area (Å²) in [6.07, 6.45) is -0.0562. The molecule has 1 rings (SSSR count). The molecule has 0 heterocycles. The molecule has 0 saturated carbocycles. The molecule has 19 heavy (non-hydrogen) atoms. The van der Waals surface area contributed by atoms with Gasteiger partial charge in [-0.2, -0.15) is 0 Å². The number of carboxylic acids is 2. The lowest BCUT2D eigenvalue weighted by Crippen LogP contribution is -2.34. The zero-order chi connectivity index (χ0) is 14.3. The van der Waals surface area contributed by atoms with E-state index in [1.807, 2.05) is 30.3 Å². The highest BCUT2D eigenvalue weighted by atomic mass is 16.4. The van der Waals surface area contributed by atoms with Crippen LogP contribution in [0.1, 0.15) is 18.4 Å². The summed E-state index contributed by atoms with van der Waals surface area (Å²) in [4.78, 5) is 21.6. The lowest BCUT2D eigenvalue weighted by Gasteiger charge is -2.11. The lowest BCUT2D eigenvalue weighted by molar-refractivity contribution is -0.143. The molecule has 0 fully saturated rings. The fourth-order valence-corrected chi connectivity index (χ4v) is 1.48. The number of rotatable bonds is 5. The van der Waals surface area contributed by atoms with Crippen molar-refractivity contribution in [2.24, 2.45) is 11.7 Å².